The lowest BCUT2D eigenvalue weighted by atomic mass is 9.99. The number of hydrogen-bond acceptors (Lipinski definition) is 6. The zero-order chi connectivity index (χ0) is 22.8. The molecular weight excluding hydrogens is 432 g/mol. The fourth-order valence-electron chi connectivity index (χ4n) is 3.52. The first-order valence-corrected chi connectivity index (χ1v) is 11.0. The lowest BCUT2D eigenvalue weighted by Crippen LogP contribution is -2.27. The van der Waals surface area contributed by atoms with Crippen LogP contribution in [-0.4, -0.2) is 32.3 Å². The van der Waals surface area contributed by atoms with Gasteiger partial charge < -0.3 is 9.46 Å². The molecule has 0 aliphatic carbocycles. The number of methoxy groups -OCH3 is 1. The lowest BCUT2D eigenvalue weighted by Gasteiger charge is -2.17. The molecule has 0 saturated carbocycles. The van der Waals surface area contributed by atoms with Gasteiger partial charge in [0, 0.05) is 24.1 Å². The van der Waals surface area contributed by atoms with Gasteiger partial charge in [0.15, 0.2) is 5.75 Å². The van der Waals surface area contributed by atoms with Crippen LogP contribution in [0.15, 0.2) is 70.4 Å². The van der Waals surface area contributed by atoms with Crippen molar-refractivity contribution in [3.63, 3.8) is 0 Å². The van der Waals surface area contributed by atoms with Gasteiger partial charge in [-0.3, -0.25) is 25.0 Å². The summed E-state index contributed by atoms with van der Waals surface area (Å²) in [5, 5.41) is 11.0. The van der Waals surface area contributed by atoms with Crippen molar-refractivity contribution in [1.29, 1.82) is 0 Å². The number of nitrogens with one attached hydrogen (secondary N) is 3. The summed E-state index contributed by atoms with van der Waals surface area (Å²) in [5.41, 5.74) is 3.93. The molecular formula is C22H20N4O5S. The molecule has 0 fully saturated rings. The summed E-state index contributed by atoms with van der Waals surface area (Å²) >= 11 is 0. The summed E-state index contributed by atoms with van der Waals surface area (Å²) in [6.07, 6.45) is 2.87. The van der Waals surface area contributed by atoms with Crippen molar-refractivity contribution in [1.82, 2.24) is 9.55 Å². The summed E-state index contributed by atoms with van der Waals surface area (Å²) in [4.78, 5) is 26.1. The van der Waals surface area contributed by atoms with Crippen LogP contribution in [0.4, 0.5) is 11.4 Å². The number of rotatable bonds is 6. The summed E-state index contributed by atoms with van der Waals surface area (Å²) < 4.78 is 21.7. The van der Waals surface area contributed by atoms with Gasteiger partial charge in [0.05, 0.1) is 24.2 Å². The van der Waals surface area contributed by atoms with Gasteiger partial charge in [-0.05, 0) is 46.7 Å². The Morgan fingerprint density at radius 2 is 1.78 bits per heavy atom. The van der Waals surface area contributed by atoms with Gasteiger partial charge in [0.25, 0.3) is 5.56 Å². The first-order chi connectivity index (χ1) is 15.4. The minimum atomic E-state index is -1.40. The highest BCUT2D eigenvalue weighted by Gasteiger charge is 2.16. The Morgan fingerprint density at radius 3 is 2.47 bits per heavy atom. The number of hydrogen-bond donors (Lipinski definition) is 4. The zero-order valence-corrected chi connectivity index (χ0v) is 18.0. The summed E-state index contributed by atoms with van der Waals surface area (Å²) in [6, 6.07) is 15.8. The number of aromatic amines is 1. The van der Waals surface area contributed by atoms with Crippen LogP contribution in [0, 0.1) is 0 Å². The van der Waals surface area contributed by atoms with Crippen LogP contribution in [0.5, 0.6) is 5.75 Å². The number of fused-ring (bicyclic) bond motifs is 1. The van der Waals surface area contributed by atoms with Crippen LogP contribution in [0.1, 0.15) is 0 Å². The molecule has 3 aromatic carbocycles. The molecule has 1 unspecified atom stereocenters. The van der Waals surface area contributed by atoms with E-state index in [0.717, 1.165) is 16.3 Å². The zero-order valence-electron chi connectivity index (χ0n) is 17.2. The van der Waals surface area contributed by atoms with E-state index in [1.165, 1.54) is 30.2 Å². The van der Waals surface area contributed by atoms with E-state index in [-0.39, 0.29) is 0 Å². The Hall–Kier alpha value is -3.89. The highest BCUT2D eigenvalue weighted by Crippen LogP contribution is 2.40. The van der Waals surface area contributed by atoms with Crippen LogP contribution in [-0.2, 0) is 11.0 Å². The predicted molar refractivity (Wildman–Crippen MR) is 125 cm³/mol. The van der Waals surface area contributed by atoms with E-state index >= 15 is 0 Å². The molecule has 4 rings (SSSR count). The van der Waals surface area contributed by atoms with Crippen LogP contribution < -0.4 is 26.2 Å². The van der Waals surface area contributed by atoms with E-state index in [2.05, 4.69) is 15.2 Å². The standard InChI is InChI=1S/C22H20N4O5S/c1-31-21-18(15-4-3-14-10-16(24-29)6-5-13(14)9-15)11-17(12-19(21)25-32(2)30)26-8-7-20(27)23-22(26)28/h3-12,24-25,29H,1-2H3,(H,23,27,28). The Balaban J connectivity index is 1.97. The van der Waals surface area contributed by atoms with E-state index in [0.29, 0.717) is 28.4 Å². The molecule has 0 aliphatic heterocycles. The van der Waals surface area contributed by atoms with Gasteiger partial charge in [-0.25, -0.2) is 9.00 Å². The van der Waals surface area contributed by atoms with Crippen molar-refractivity contribution in [2.45, 2.75) is 0 Å². The molecule has 9 nitrogen and oxygen atoms in total. The molecule has 32 heavy (non-hydrogen) atoms. The number of aromatic nitrogens is 2. The summed E-state index contributed by atoms with van der Waals surface area (Å²) in [7, 11) is 0.110. The molecule has 0 saturated heterocycles. The minimum absolute atomic E-state index is 0.429. The molecule has 1 heterocycles. The molecule has 0 spiro atoms. The third kappa shape index (κ3) is 4.13. The highest BCUT2D eigenvalue weighted by atomic mass is 32.2. The third-order valence-electron chi connectivity index (χ3n) is 4.91. The van der Waals surface area contributed by atoms with Gasteiger partial charge in [-0.15, -0.1) is 0 Å². The molecule has 0 aliphatic rings. The largest absolute Gasteiger partial charge is 0.494 e. The number of H-pyrrole nitrogens is 1. The Labute approximate surface area is 184 Å². The molecule has 4 aromatic rings. The smallest absolute Gasteiger partial charge is 0.332 e. The normalized spacial score (nSPS) is 11.8. The van der Waals surface area contributed by atoms with Crippen molar-refractivity contribution in [3.8, 4) is 22.6 Å². The second-order valence-electron chi connectivity index (χ2n) is 7.00. The summed E-state index contributed by atoms with van der Waals surface area (Å²) in [6.45, 7) is 0. The second kappa shape index (κ2) is 8.69. The maximum atomic E-state index is 12.4. The number of ether oxygens (including phenoxy) is 1. The molecule has 0 amide bonds. The Kier molecular flexibility index (Phi) is 5.80. The highest BCUT2D eigenvalue weighted by molar-refractivity contribution is 7.85. The molecule has 0 radical (unpaired) electrons. The van der Waals surface area contributed by atoms with E-state index in [1.54, 1.807) is 24.3 Å². The SMILES string of the molecule is COc1c(NS(C)=O)cc(-n2ccc(=O)[nH]c2=O)cc1-c1ccc2cc(NO)ccc2c1. The number of anilines is 2. The van der Waals surface area contributed by atoms with E-state index in [1.807, 2.05) is 24.3 Å². The fraction of sp³-hybridized carbons (Fsp3) is 0.0909. The van der Waals surface area contributed by atoms with Crippen molar-refractivity contribution in [3.05, 3.63) is 81.6 Å². The van der Waals surface area contributed by atoms with Gasteiger partial charge in [0.2, 0.25) is 0 Å². The third-order valence-corrected chi connectivity index (χ3v) is 5.42. The van der Waals surface area contributed by atoms with Crippen molar-refractivity contribution in [2.75, 3.05) is 23.6 Å². The van der Waals surface area contributed by atoms with Crippen LogP contribution in [0.2, 0.25) is 0 Å². The lowest BCUT2D eigenvalue weighted by molar-refractivity contribution is 0.389. The maximum absolute atomic E-state index is 12.4. The van der Waals surface area contributed by atoms with Crippen LogP contribution >= 0.6 is 0 Å². The molecule has 0 bridgehead atoms. The molecule has 4 N–H and O–H groups in total. The fourth-order valence-corrected chi connectivity index (χ4v) is 3.98. The molecule has 1 atom stereocenters. The summed E-state index contributed by atoms with van der Waals surface area (Å²) in [5.74, 6) is 0.453. The monoisotopic (exact) mass is 452 g/mol. The number of nitrogens with zero attached hydrogens (tertiary/aromatic N) is 1. The van der Waals surface area contributed by atoms with E-state index in [9.17, 15) is 13.8 Å². The predicted octanol–water partition coefficient (Wildman–Crippen LogP) is 2.86. The Morgan fingerprint density at radius 1 is 1.03 bits per heavy atom. The second-order valence-corrected chi connectivity index (χ2v) is 8.11. The van der Waals surface area contributed by atoms with Crippen molar-refractivity contribution >= 4 is 33.1 Å². The van der Waals surface area contributed by atoms with E-state index < -0.39 is 22.2 Å². The molecule has 10 heteroatoms. The van der Waals surface area contributed by atoms with Gasteiger partial charge in [-0.1, -0.05) is 18.2 Å². The first-order valence-electron chi connectivity index (χ1n) is 9.48. The molecule has 164 valence electrons. The topological polar surface area (TPSA) is 125 Å². The average Bonchev–Trinajstić information content (AvgIpc) is 2.77. The van der Waals surface area contributed by atoms with Crippen molar-refractivity contribution < 1.29 is 14.2 Å². The van der Waals surface area contributed by atoms with Gasteiger partial charge in [0.1, 0.15) is 11.0 Å². The average molecular weight is 452 g/mol. The van der Waals surface area contributed by atoms with Crippen LogP contribution in [0.3, 0.4) is 0 Å². The first kappa shape index (κ1) is 21.3. The quantitative estimate of drug-likeness (QED) is 0.333. The minimum Gasteiger partial charge on any atom is -0.494 e. The number of benzene rings is 3. The van der Waals surface area contributed by atoms with Crippen molar-refractivity contribution in [2.24, 2.45) is 0 Å². The van der Waals surface area contributed by atoms with E-state index in [4.69, 9.17) is 9.94 Å². The van der Waals surface area contributed by atoms with Crippen LogP contribution in [0.25, 0.3) is 27.6 Å². The molecule has 1 aromatic heterocycles. The van der Waals surface area contributed by atoms with Gasteiger partial charge >= 0.3 is 5.69 Å². The maximum Gasteiger partial charge on any atom is 0.332 e. The Bertz CT molecular complexity index is 1460. The van der Waals surface area contributed by atoms with Gasteiger partial charge in [-0.2, -0.15) is 0 Å².